The van der Waals surface area contributed by atoms with Gasteiger partial charge >= 0.3 is 0 Å². The van der Waals surface area contributed by atoms with Crippen LogP contribution in [0.3, 0.4) is 0 Å². The number of rotatable bonds is 5. The third-order valence-corrected chi connectivity index (χ3v) is 2.93. The minimum absolute atomic E-state index is 0.459. The fourth-order valence-electron chi connectivity index (χ4n) is 1.93. The zero-order valence-electron chi connectivity index (χ0n) is 11.3. The van der Waals surface area contributed by atoms with E-state index >= 15 is 0 Å². The maximum Gasteiger partial charge on any atom is 0.225 e. The summed E-state index contributed by atoms with van der Waals surface area (Å²) >= 11 is 0. The molecule has 100 valence electrons. The lowest BCUT2D eigenvalue weighted by Crippen LogP contribution is -1.98. The Kier molecular flexibility index (Phi) is 4.53. The molecule has 1 N–H and O–H groups in total. The highest BCUT2D eigenvalue weighted by atomic mass is 16.5. The van der Waals surface area contributed by atoms with E-state index in [0.29, 0.717) is 11.4 Å². The molecule has 0 aliphatic heterocycles. The highest BCUT2D eigenvalue weighted by Gasteiger charge is 2.10. The first-order chi connectivity index (χ1) is 9.20. The highest BCUT2D eigenvalue weighted by Crippen LogP contribution is 2.27. The van der Waals surface area contributed by atoms with Gasteiger partial charge in [-0.25, -0.2) is 4.98 Å². The van der Waals surface area contributed by atoms with Crippen LogP contribution in [0, 0.1) is 0 Å². The minimum Gasteiger partial charge on any atom is -0.439 e. The van der Waals surface area contributed by atoms with Crippen molar-refractivity contribution in [2.24, 2.45) is 0 Å². The van der Waals surface area contributed by atoms with Crippen LogP contribution in [0.1, 0.15) is 37.5 Å². The average Bonchev–Trinajstić information content (AvgIpc) is 2.42. The van der Waals surface area contributed by atoms with Crippen molar-refractivity contribution in [1.82, 2.24) is 4.98 Å². The second-order valence-electron chi connectivity index (χ2n) is 4.57. The Bertz CT molecular complexity index is 521. The molecule has 2 rings (SSSR count). The van der Waals surface area contributed by atoms with Crippen LogP contribution in [-0.4, -0.2) is 10.1 Å². The van der Waals surface area contributed by atoms with E-state index in [9.17, 15) is 5.11 Å². The summed E-state index contributed by atoms with van der Waals surface area (Å²) in [6.45, 7) is 3.86. The molecule has 3 heteroatoms. The van der Waals surface area contributed by atoms with Crippen molar-refractivity contribution in [2.75, 3.05) is 0 Å². The van der Waals surface area contributed by atoms with Crippen molar-refractivity contribution in [3.8, 4) is 11.6 Å². The van der Waals surface area contributed by atoms with Crippen LogP contribution in [0.5, 0.6) is 11.6 Å². The molecule has 0 aliphatic carbocycles. The molecule has 1 atom stereocenters. The highest BCUT2D eigenvalue weighted by molar-refractivity contribution is 5.34. The van der Waals surface area contributed by atoms with Gasteiger partial charge in [0.05, 0.1) is 6.10 Å². The predicted octanol–water partition coefficient (Wildman–Crippen LogP) is 3.88. The number of hydrogen-bond acceptors (Lipinski definition) is 3. The predicted molar refractivity (Wildman–Crippen MR) is 75.4 cm³/mol. The number of ether oxygens (including phenoxy) is 1. The molecule has 0 fully saturated rings. The number of aliphatic hydroxyl groups excluding tert-OH is 1. The fourth-order valence-corrected chi connectivity index (χ4v) is 1.93. The Morgan fingerprint density at radius 1 is 1.21 bits per heavy atom. The number of aliphatic hydroxyl groups is 1. The molecule has 0 spiro atoms. The number of benzene rings is 1. The largest absolute Gasteiger partial charge is 0.439 e. The molecule has 0 bridgehead atoms. The molecule has 0 saturated heterocycles. The maximum absolute atomic E-state index is 9.68. The van der Waals surface area contributed by atoms with Gasteiger partial charge < -0.3 is 9.84 Å². The van der Waals surface area contributed by atoms with Gasteiger partial charge in [-0.15, -0.1) is 0 Å². The van der Waals surface area contributed by atoms with Crippen LogP contribution in [-0.2, 0) is 6.42 Å². The number of aromatic nitrogens is 1. The summed E-state index contributed by atoms with van der Waals surface area (Å²) in [5, 5.41) is 9.68. The van der Waals surface area contributed by atoms with Gasteiger partial charge in [-0.3, -0.25) is 0 Å². The molecular weight excluding hydrogens is 238 g/mol. The van der Waals surface area contributed by atoms with Gasteiger partial charge in [0.1, 0.15) is 5.75 Å². The molecule has 0 radical (unpaired) electrons. The Morgan fingerprint density at radius 2 is 1.95 bits per heavy atom. The van der Waals surface area contributed by atoms with E-state index in [2.05, 4.69) is 24.0 Å². The van der Waals surface area contributed by atoms with Gasteiger partial charge in [0, 0.05) is 11.8 Å². The topological polar surface area (TPSA) is 42.4 Å². The first-order valence-electron chi connectivity index (χ1n) is 6.60. The summed E-state index contributed by atoms with van der Waals surface area (Å²) in [7, 11) is 0. The average molecular weight is 257 g/mol. The van der Waals surface area contributed by atoms with Crippen LogP contribution in [0.2, 0.25) is 0 Å². The van der Waals surface area contributed by atoms with E-state index in [4.69, 9.17) is 4.74 Å². The maximum atomic E-state index is 9.68. The lowest BCUT2D eigenvalue weighted by molar-refractivity contribution is 0.194. The molecule has 3 nitrogen and oxygen atoms in total. The first kappa shape index (κ1) is 13.6. The van der Waals surface area contributed by atoms with Crippen molar-refractivity contribution in [1.29, 1.82) is 0 Å². The van der Waals surface area contributed by atoms with Gasteiger partial charge in [0.2, 0.25) is 5.88 Å². The second-order valence-corrected chi connectivity index (χ2v) is 4.57. The van der Waals surface area contributed by atoms with Gasteiger partial charge in [-0.2, -0.15) is 0 Å². The van der Waals surface area contributed by atoms with Crippen LogP contribution in [0.15, 0.2) is 42.6 Å². The summed E-state index contributed by atoms with van der Waals surface area (Å²) in [6.07, 6.45) is 3.27. The fraction of sp³-hybridized carbons (Fsp3) is 0.312. The van der Waals surface area contributed by atoms with Crippen LogP contribution in [0.4, 0.5) is 0 Å². The third kappa shape index (κ3) is 3.55. The molecule has 0 unspecified atom stereocenters. The molecule has 1 heterocycles. The van der Waals surface area contributed by atoms with Crippen molar-refractivity contribution in [2.45, 2.75) is 32.8 Å². The van der Waals surface area contributed by atoms with E-state index < -0.39 is 6.10 Å². The van der Waals surface area contributed by atoms with E-state index in [1.54, 1.807) is 19.2 Å². The van der Waals surface area contributed by atoms with Crippen molar-refractivity contribution in [3.05, 3.63) is 53.7 Å². The Balaban J connectivity index is 2.17. The third-order valence-electron chi connectivity index (χ3n) is 2.93. The molecule has 19 heavy (non-hydrogen) atoms. The normalized spacial score (nSPS) is 12.2. The quantitative estimate of drug-likeness (QED) is 0.883. The van der Waals surface area contributed by atoms with Crippen LogP contribution in [0.25, 0.3) is 0 Å². The van der Waals surface area contributed by atoms with Gasteiger partial charge in [0.25, 0.3) is 0 Å². The van der Waals surface area contributed by atoms with E-state index in [0.717, 1.165) is 18.6 Å². The van der Waals surface area contributed by atoms with Gasteiger partial charge in [-0.1, -0.05) is 25.5 Å². The number of hydrogen-bond donors (Lipinski definition) is 1. The first-order valence-corrected chi connectivity index (χ1v) is 6.60. The standard InChI is InChI=1S/C16H19NO2/c1-3-5-13-7-9-14(10-8-13)19-16-15(12(2)18)6-4-11-17-16/h4,6-12,18H,3,5H2,1-2H3/t12-/m0/s1. The summed E-state index contributed by atoms with van der Waals surface area (Å²) in [5.41, 5.74) is 1.99. The van der Waals surface area contributed by atoms with E-state index in [-0.39, 0.29) is 0 Å². The molecular formula is C16H19NO2. The molecule has 0 amide bonds. The molecule has 1 aromatic heterocycles. The minimum atomic E-state index is -0.594. The summed E-state index contributed by atoms with van der Waals surface area (Å²) in [5.74, 6) is 1.20. The lowest BCUT2D eigenvalue weighted by Gasteiger charge is -2.11. The SMILES string of the molecule is CCCc1ccc(Oc2ncccc2[C@H](C)O)cc1. The monoisotopic (exact) mass is 257 g/mol. The van der Waals surface area contributed by atoms with E-state index in [1.807, 2.05) is 18.2 Å². The van der Waals surface area contributed by atoms with Crippen molar-refractivity contribution >= 4 is 0 Å². The Labute approximate surface area is 113 Å². The second kappa shape index (κ2) is 6.34. The molecule has 0 aliphatic rings. The summed E-state index contributed by atoms with van der Waals surface area (Å²) in [4.78, 5) is 4.17. The Hall–Kier alpha value is -1.87. The smallest absolute Gasteiger partial charge is 0.225 e. The van der Waals surface area contributed by atoms with Crippen molar-refractivity contribution in [3.63, 3.8) is 0 Å². The van der Waals surface area contributed by atoms with Crippen molar-refractivity contribution < 1.29 is 9.84 Å². The van der Waals surface area contributed by atoms with Gasteiger partial charge in [0.15, 0.2) is 0 Å². The zero-order chi connectivity index (χ0) is 13.7. The summed E-state index contributed by atoms with van der Waals surface area (Å²) < 4.78 is 5.73. The number of aryl methyl sites for hydroxylation is 1. The molecule has 1 aromatic carbocycles. The van der Waals surface area contributed by atoms with Gasteiger partial charge in [-0.05, 0) is 43.2 Å². The number of nitrogens with zero attached hydrogens (tertiary/aromatic N) is 1. The van der Waals surface area contributed by atoms with Crippen LogP contribution < -0.4 is 4.74 Å². The molecule has 2 aromatic rings. The summed E-state index contributed by atoms with van der Waals surface area (Å²) in [6, 6.07) is 11.6. The number of pyridine rings is 1. The molecule has 0 saturated carbocycles. The van der Waals surface area contributed by atoms with E-state index in [1.165, 1.54) is 5.56 Å². The Morgan fingerprint density at radius 3 is 2.58 bits per heavy atom. The zero-order valence-corrected chi connectivity index (χ0v) is 11.3. The van der Waals surface area contributed by atoms with Crippen LogP contribution >= 0.6 is 0 Å². The lowest BCUT2D eigenvalue weighted by atomic mass is 10.1.